The van der Waals surface area contributed by atoms with Crippen LogP contribution in [0.15, 0.2) is 24.5 Å². The molecule has 106 valence electrons. The number of hydrogen-bond acceptors (Lipinski definition) is 3. The summed E-state index contributed by atoms with van der Waals surface area (Å²) in [7, 11) is 2.05. The molecule has 1 rings (SSSR count). The van der Waals surface area contributed by atoms with Crippen LogP contribution in [0.4, 0.5) is 0 Å². The van der Waals surface area contributed by atoms with Crippen LogP contribution in [0.2, 0.25) is 0 Å². The van der Waals surface area contributed by atoms with Crippen LogP contribution in [0.3, 0.4) is 0 Å². The van der Waals surface area contributed by atoms with E-state index in [1.165, 1.54) is 5.56 Å². The molecular formula is C15H25N3O. The minimum Gasteiger partial charge on any atom is -0.356 e. The molecule has 0 atom stereocenters. The first-order valence-electron chi connectivity index (χ1n) is 6.92. The van der Waals surface area contributed by atoms with E-state index in [9.17, 15) is 4.79 Å². The highest BCUT2D eigenvalue weighted by Crippen LogP contribution is 1.99. The van der Waals surface area contributed by atoms with Crippen molar-refractivity contribution in [2.75, 3.05) is 26.7 Å². The summed E-state index contributed by atoms with van der Waals surface area (Å²) in [5.41, 5.74) is 1.28. The highest BCUT2D eigenvalue weighted by molar-refractivity contribution is 5.76. The summed E-state index contributed by atoms with van der Waals surface area (Å²) in [5, 5.41) is 2.94. The Morgan fingerprint density at radius 3 is 2.63 bits per heavy atom. The van der Waals surface area contributed by atoms with Gasteiger partial charge in [-0.25, -0.2) is 0 Å². The van der Waals surface area contributed by atoms with E-state index in [2.05, 4.69) is 36.1 Å². The van der Waals surface area contributed by atoms with Crippen molar-refractivity contribution in [2.45, 2.75) is 26.7 Å². The largest absolute Gasteiger partial charge is 0.356 e. The number of hydrogen-bond donors (Lipinski definition) is 1. The predicted octanol–water partition coefficient (Wildman–Crippen LogP) is 1.72. The fraction of sp³-hybridized carbons (Fsp3) is 0.600. The van der Waals surface area contributed by atoms with E-state index in [0.717, 1.165) is 26.1 Å². The molecule has 0 aliphatic carbocycles. The quantitative estimate of drug-likeness (QED) is 0.777. The first kappa shape index (κ1) is 15.6. The molecule has 0 aromatic carbocycles. The summed E-state index contributed by atoms with van der Waals surface area (Å²) in [6, 6.07) is 4.06. The third-order valence-corrected chi connectivity index (χ3v) is 2.96. The summed E-state index contributed by atoms with van der Waals surface area (Å²) >= 11 is 0. The fourth-order valence-electron chi connectivity index (χ4n) is 1.68. The normalized spacial score (nSPS) is 11.0. The Morgan fingerprint density at radius 1 is 1.32 bits per heavy atom. The predicted molar refractivity (Wildman–Crippen MR) is 77.9 cm³/mol. The molecule has 0 aliphatic rings. The SMILES string of the molecule is CC(C)CNC(=O)CCN(C)CCc1ccncc1. The van der Waals surface area contributed by atoms with Crippen molar-refractivity contribution in [2.24, 2.45) is 5.92 Å². The topological polar surface area (TPSA) is 45.2 Å². The van der Waals surface area contributed by atoms with Gasteiger partial charge in [0.1, 0.15) is 0 Å². The lowest BCUT2D eigenvalue weighted by atomic mass is 10.2. The molecule has 0 unspecified atom stereocenters. The average molecular weight is 263 g/mol. The minimum absolute atomic E-state index is 0.143. The van der Waals surface area contributed by atoms with E-state index in [1.807, 2.05) is 24.5 Å². The van der Waals surface area contributed by atoms with E-state index >= 15 is 0 Å². The fourth-order valence-corrected chi connectivity index (χ4v) is 1.68. The second kappa shape index (κ2) is 8.64. The summed E-state index contributed by atoms with van der Waals surface area (Å²) in [4.78, 5) is 17.8. The first-order chi connectivity index (χ1) is 9.08. The molecule has 0 radical (unpaired) electrons. The highest BCUT2D eigenvalue weighted by atomic mass is 16.1. The molecule has 0 saturated heterocycles. The van der Waals surface area contributed by atoms with Gasteiger partial charge in [0.25, 0.3) is 0 Å². The maximum absolute atomic E-state index is 11.6. The van der Waals surface area contributed by atoms with Gasteiger partial charge in [-0.05, 0) is 37.1 Å². The molecule has 0 aliphatic heterocycles. The van der Waals surface area contributed by atoms with Crippen LogP contribution in [0.1, 0.15) is 25.8 Å². The van der Waals surface area contributed by atoms with Gasteiger partial charge in [-0.3, -0.25) is 9.78 Å². The Bertz CT molecular complexity index is 365. The molecule has 4 nitrogen and oxygen atoms in total. The first-order valence-corrected chi connectivity index (χ1v) is 6.92. The van der Waals surface area contributed by atoms with Gasteiger partial charge in [-0.15, -0.1) is 0 Å². The van der Waals surface area contributed by atoms with E-state index in [-0.39, 0.29) is 5.91 Å². The molecule has 1 heterocycles. The zero-order valence-corrected chi connectivity index (χ0v) is 12.2. The maximum Gasteiger partial charge on any atom is 0.221 e. The van der Waals surface area contributed by atoms with Crippen LogP contribution in [-0.4, -0.2) is 42.5 Å². The number of carbonyl (C=O) groups is 1. The van der Waals surface area contributed by atoms with Crippen molar-refractivity contribution < 1.29 is 4.79 Å². The number of pyridine rings is 1. The Balaban J connectivity index is 2.14. The monoisotopic (exact) mass is 263 g/mol. The zero-order valence-electron chi connectivity index (χ0n) is 12.2. The average Bonchev–Trinajstić information content (AvgIpc) is 2.41. The van der Waals surface area contributed by atoms with Crippen molar-refractivity contribution in [3.05, 3.63) is 30.1 Å². The lowest BCUT2D eigenvalue weighted by Gasteiger charge is -2.16. The van der Waals surface area contributed by atoms with Gasteiger partial charge >= 0.3 is 0 Å². The van der Waals surface area contributed by atoms with Gasteiger partial charge in [-0.1, -0.05) is 13.8 Å². The lowest BCUT2D eigenvalue weighted by Crippen LogP contribution is -2.31. The van der Waals surface area contributed by atoms with Crippen LogP contribution in [0, 0.1) is 5.92 Å². The Labute approximate surface area is 116 Å². The second-order valence-electron chi connectivity index (χ2n) is 5.36. The molecule has 1 amide bonds. The molecule has 1 aromatic heterocycles. The standard InChI is InChI=1S/C15H25N3O/c1-13(2)12-17-15(19)7-11-18(3)10-6-14-4-8-16-9-5-14/h4-5,8-9,13H,6-7,10-12H2,1-3H3,(H,17,19). The minimum atomic E-state index is 0.143. The van der Waals surface area contributed by atoms with Gasteiger partial charge in [0.15, 0.2) is 0 Å². The number of aromatic nitrogens is 1. The Kier molecular flexibility index (Phi) is 7.11. The van der Waals surface area contributed by atoms with Crippen molar-refractivity contribution >= 4 is 5.91 Å². The maximum atomic E-state index is 11.6. The summed E-state index contributed by atoms with van der Waals surface area (Å²) in [5.74, 6) is 0.651. The Hall–Kier alpha value is -1.42. The second-order valence-corrected chi connectivity index (χ2v) is 5.36. The number of carbonyl (C=O) groups excluding carboxylic acids is 1. The van der Waals surface area contributed by atoms with Crippen LogP contribution >= 0.6 is 0 Å². The zero-order chi connectivity index (χ0) is 14.1. The van der Waals surface area contributed by atoms with Crippen LogP contribution < -0.4 is 5.32 Å². The number of amides is 1. The van der Waals surface area contributed by atoms with Crippen LogP contribution in [0.5, 0.6) is 0 Å². The third-order valence-electron chi connectivity index (χ3n) is 2.96. The van der Waals surface area contributed by atoms with E-state index in [1.54, 1.807) is 0 Å². The van der Waals surface area contributed by atoms with Crippen molar-refractivity contribution in [1.82, 2.24) is 15.2 Å². The van der Waals surface area contributed by atoms with E-state index in [4.69, 9.17) is 0 Å². The highest BCUT2D eigenvalue weighted by Gasteiger charge is 2.05. The summed E-state index contributed by atoms with van der Waals surface area (Å²) in [6.07, 6.45) is 5.19. The van der Waals surface area contributed by atoms with Gasteiger partial charge in [0, 0.05) is 38.4 Å². The van der Waals surface area contributed by atoms with Gasteiger partial charge in [0.2, 0.25) is 5.91 Å². The van der Waals surface area contributed by atoms with Crippen LogP contribution in [0.25, 0.3) is 0 Å². The van der Waals surface area contributed by atoms with Gasteiger partial charge in [0.05, 0.1) is 0 Å². The number of likely N-dealkylation sites (N-methyl/N-ethyl adjacent to an activating group) is 1. The Morgan fingerprint density at radius 2 is 2.00 bits per heavy atom. The van der Waals surface area contributed by atoms with E-state index in [0.29, 0.717) is 12.3 Å². The summed E-state index contributed by atoms with van der Waals surface area (Å²) < 4.78 is 0. The molecular weight excluding hydrogens is 238 g/mol. The summed E-state index contributed by atoms with van der Waals surface area (Å²) in [6.45, 7) is 6.72. The van der Waals surface area contributed by atoms with Crippen molar-refractivity contribution in [1.29, 1.82) is 0 Å². The number of nitrogens with zero attached hydrogens (tertiary/aromatic N) is 2. The number of nitrogens with one attached hydrogen (secondary N) is 1. The van der Waals surface area contributed by atoms with E-state index < -0.39 is 0 Å². The molecule has 0 fully saturated rings. The van der Waals surface area contributed by atoms with Crippen LogP contribution in [-0.2, 0) is 11.2 Å². The molecule has 19 heavy (non-hydrogen) atoms. The third kappa shape index (κ3) is 7.57. The molecule has 4 heteroatoms. The molecule has 0 bridgehead atoms. The number of rotatable bonds is 8. The smallest absolute Gasteiger partial charge is 0.221 e. The van der Waals surface area contributed by atoms with Crippen molar-refractivity contribution in [3.8, 4) is 0 Å². The lowest BCUT2D eigenvalue weighted by molar-refractivity contribution is -0.121. The molecule has 0 spiro atoms. The molecule has 1 N–H and O–H groups in total. The van der Waals surface area contributed by atoms with Gasteiger partial charge < -0.3 is 10.2 Å². The molecule has 0 saturated carbocycles. The van der Waals surface area contributed by atoms with Crippen molar-refractivity contribution in [3.63, 3.8) is 0 Å². The van der Waals surface area contributed by atoms with Gasteiger partial charge in [-0.2, -0.15) is 0 Å². The molecule has 1 aromatic rings.